The zero-order chi connectivity index (χ0) is 13.1. The van der Waals surface area contributed by atoms with Crippen LogP contribution in [-0.2, 0) is 6.54 Å². The number of rotatable bonds is 4. The number of hydrogen-bond donors (Lipinski definition) is 2. The highest BCUT2D eigenvalue weighted by Crippen LogP contribution is 2.21. The van der Waals surface area contributed by atoms with Gasteiger partial charge in [-0.15, -0.1) is 0 Å². The molecule has 2 N–H and O–H groups in total. The van der Waals surface area contributed by atoms with Crippen LogP contribution in [0.15, 0.2) is 27.2 Å². The van der Waals surface area contributed by atoms with Crippen molar-refractivity contribution in [3.05, 3.63) is 40.0 Å². The van der Waals surface area contributed by atoms with Crippen molar-refractivity contribution in [3.8, 4) is 0 Å². The van der Waals surface area contributed by atoms with Gasteiger partial charge in [0.1, 0.15) is 0 Å². The van der Waals surface area contributed by atoms with Crippen LogP contribution in [0.1, 0.15) is 22.1 Å². The summed E-state index contributed by atoms with van der Waals surface area (Å²) < 4.78 is 5.64. The number of anilines is 1. The summed E-state index contributed by atoms with van der Waals surface area (Å²) in [6.45, 7) is 2.00. The summed E-state index contributed by atoms with van der Waals surface area (Å²) in [5, 5.41) is 15.7. The summed E-state index contributed by atoms with van der Waals surface area (Å²) >= 11 is 3.23. The molecule has 1 heterocycles. The number of aryl methyl sites for hydroxylation is 1. The van der Waals surface area contributed by atoms with Crippen molar-refractivity contribution in [2.24, 2.45) is 0 Å². The molecule has 0 atom stereocenters. The summed E-state index contributed by atoms with van der Waals surface area (Å²) in [5.41, 5.74) is 0.683. The molecule has 0 unspecified atom stereocenters. The van der Waals surface area contributed by atoms with E-state index in [1.54, 1.807) is 19.1 Å². The van der Waals surface area contributed by atoms with Crippen molar-refractivity contribution < 1.29 is 14.4 Å². The third-order valence-corrected chi connectivity index (χ3v) is 2.70. The lowest BCUT2D eigenvalue weighted by Crippen LogP contribution is -2.06. The fourth-order valence-corrected chi connectivity index (χ4v) is 1.79. The van der Waals surface area contributed by atoms with E-state index in [1.165, 1.54) is 6.07 Å². The van der Waals surface area contributed by atoms with Crippen molar-refractivity contribution in [2.75, 3.05) is 5.32 Å². The molecule has 0 aliphatic heterocycles. The molecule has 94 valence electrons. The molecule has 0 saturated heterocycles. The zero-order valence-electron chi connectivity index (χ0n) is 9.48. The average Bonchev–Trinajstić information content (AvgIpc) is 2.73. The van der Waals surface area contributed by atoms with Crippen LogP contribution in [0.3, 0.4) is 0 Å². The molecule has 0 radical (unpaired) electrons. The molecule has 6 nitrogen and oxygen atoms in total. The molecule has 18 heavy (non-hydrogen) atoms. The number of carbonyl (C=O) groups is 1. The standard InChI is InChI=1S/C11H10BrN3O3/c1-6-14-10(18-15-6)5-13-9-3-2-7(12)4-8(9)11(16)17/h2-4,13H,5H2,1H3,(H,16,17). The Morgan fingerprint density at radius 1 is 1.56 bits per heavy atom. The lowest BCUT2D eigenvalue weighted by molar-refractivity contribution is 0.0698. The Morgan fingerprint density at radius 3 is 2.94 bits per heavy atom. The van der Waals surface area contributed by atoms with Crippen LogP contribution in [0.2, 0.25) is 0 Å². The molecule has 0 spiro atoms. The van der Waals surface area contributed by atoms with Crippen LogP contribution in [0.4, 0.5) is 5.69 Å². The zero-order valence-corrected chi connectivity index (χ0v) is 11.1. The first-order chi connectivity index (χ1) is 8.56. The normalized spacial score (nSPS) is 10.3. The summed E-state index contributed by atoms with van der Waals surface area (Å²) in [4.78, 5) is 15.1. The van der Waals surface area contributed by atoms with Gasteiger partial charge in [0.15, 0.2) is 5.82 Å². The summed E-state index contributed by atoms with van der Waals surface area (Å²) in [5.74, 6) is -0.0478. The van der Waals surface area contributed by atoms with E-state index in [-0.39, 0.29) is 12.1 Å². The number of carboxylic acid groups (broad SMARTS) is 1. The SMILES string of the molecule is Cc1noc(CNc2ccc(Br)cc2C(=O)O)n1. The topological polar surface area (TPSA) is 88.2 Å². The summed E-state index contributed by atoms with van der Waals surface area (Å²) in [6.07, 6.45) is 0. The molecule has 1 aromatic carbocycles. The lowest BCUT2D eigenvalue weighted by atomic mass is 10.2. The summed E-state index contributed by atoms with van der Waals surface area (Å²) in [7, 11) is 0. The van der Waals surface area contributed by atoms with Crippen molar-refractivity contribution in [2.45, 2.75) is 13.5 Å². The molecule has 0 aliphatic rings. The molecule has 0 aliphatic carbocycles. The minimum absolute atomic E-state index is 0.181. The maximum Gasteiger partial charge on any atom is 0.337 e. The van der Waals surface area contributed by atoms with Crippen molar-refractivity contribution >= 4 is 27.6 Å². The van der Waals surface area contributed by atoms with Gasteiger partial charge in [-0.1, -0.05) is 21.1 Å². The second kappa shape index (κ2) is 5.18. The molecule has 1 aromatic heterocycles. The monoisotopic (exact) mass is 311 g/mol. The Hall–Kier alpha value is -1.89. The van der Waals surface area contributed by atoms with Gasteiger partial charge in [0.25, 0.3) is 0 Å². The number of benzene rings is 1. The van der Waals surface area contributed by atoms with Crippen LogP contribution in [0.5, 0.6) is 0 Å². The first-order valence-electron chi connectivity index (χ1n) is 5.12. The summed E-state index contributed by atoms with van der Waals surface area (Å²) in [6, 6.07) is 4.97. The third-order valence-electron chi connectivity index (χ3n) is 2.21. The minimum atomic E-state index is -1.000. The van der Waals surface area contributed by atoms with Crippen LogP contribution in [0, 0.1) is 6.92 Å². The van der Waals surface area contributed by atoms with Crippen LogP contribution in [0.25, 0.3) is 0 Å². The lowest BCUT2D eigenvalue weighted by Gasteiger charge is -2.07. The van der Waals surface area contributed by atoms with Crippen molar-refractivity contribution in [3.63, 3.8) is 0 Å². The number of aromatic carboxylic acids is 1. The van der Waals surface area contributed by atoms with E-state index < -0.39 is 5.97 Å². The average molecular weight is 312 g/mol. The molecule has 0 saturated carbocycles. The van der Waals surface area contributed by atoms with Crippen molar-refractivity contribution in [1.29, 1.82) is 0 Å². The Kier molecular flexibility index (Phi) is 3.61. The van der Waals surface area contributed by atoms with E-state index in [0.717, 1.165) is 0 Å². The largest absolute Gasteiger partial charge is 0.478 e. The van der Waals surface area contributed by atoms with Gasteiger partial charge >= 0.3 is 5.97 Å². The molecule has 0 fully saturated rings. The van der Waals surface area contributed by atoms with Gasteiger partial charge in [-0.3, -0.25) is 0 Å². The predicted molar refractivity (Wildman–Crippen MR) is 67.5 cm³/mol. The molecule has 0 bridgehead atoms. The van der Waals surface area contributed by atoms with Crippen LogP contribution < -0.4 is 5.32 Å². The first kappa shape index (κ1) is 12.6. The quantitative estimate of drug-likeness (QED) is 0.901. The van der Waals surface area contributed by atoms with E-state index in [4.69, 9.17) is 9.63 Å². The van der Waals surface area contributed by atoms with Crippen LogP contribution in [-0.4, -0.2) is 21.2 Å². The van der Waals surface area contributed by atoms with E-state index in [9.17, 15) is 4.79 Å². The van der Waals surface area contributed by atoms with Gasteiger partial charge < -0.3 is 14.9 Å². The molecule has 0 amide bonds. The Labute approximate surface area is 111 Å². The Bertz CT molecular complexity index is 583. The minimum Gasteiger partial charge on any atom is -0.478 e. The second-order valence-electron chi connectivity index (χ2n) is 3.58. The Morgan fingerprint density at radius 2 is 2.33 bits per heavy atom. The number of carboxylic acids is 1. The maximum absolute atomic E-state index is 11.1. The highest BCUT2D eigenvalue weighted by molar-refractivity contribution is 9.10. The molecular formula is C11H10BrN3O3. The first-order valence-corrected chi connectivity index (χ1v) is 5.91. The predicted octanol–water partition coefficient (Wildman–Crippen LogP) is 2.45. The number of nitrogens with one attached hydrogen (secondary N) is 1. The van der Waals surface area contributed by atoms with Gasteiger partial charge in [0.2, 0.25) is 5.89 Å². The highest BCUT2D eigenvalue weighted by atomic mass is 79.9. The number of halogens is 1. The van der Waals surface area contributed by atoms with E-state index >= 15 is 0 Å². The fourth-order valence-electron chi connectivity index (χ4n) is 1.43. The smallest absolute Gasteiger partial charge is 0.337 e. The van der Waals surface area contributed by atoms with Gasteiger partial charge in [-0.25, -0.2) is 4.79 Å². The van der Waals surface area contributed by atoms with Gasteiger partial charge in [-0.05, 0) is 25.1 Å². The molecule has 7 heteroatoms. The molecular weight excluding hydrogens is 302 g/mol. The third kappa shape index (κ3) is 2.86. The van der Waals surface area contributed by atoms with Crippen LogP contribution >= 0.6 is 15.9 Å². The second-order valence-corrected chi connectivity index (χ2v) is 4.50. The number of nitrogens with zero attached hydrogens (tertiary/aromatic N) is 2. The van der Waals surface area contributed by atoms with Gasteiger partial charge in [0.05, 0.1) is 12.1 Å². The van der Waals surface area contributed by atoms with E-state index in [0.29, 0.717) is 21.9 Å². The molecule has 2 aromatic rings. The fraction of sp³-hybridized carbons (Fsp3) is 0.182. The van der Waals surface area contributed by atoms with Gasteiger partial charge in [-0.2, -0.15) is 4.98 Å². The van der Waals surface area contributed by atoms with E-state index in [2.05, 4.69) is 31.4 Å². The van der Waals surface area contributed by atoms with Crippen molar-refractivity contribution in [1.82, 2.24) is 10.1 Å². The molecule has 2 rings (SSSR count). The highest BCUT2D eigenvalue weighted by Gasteiger charge is 2.11. The Balaban J connectivity index is 2.16. The number of aromatic nitrogens is 2. The van der Waals surface area contributed by atoms with E-state index in [1.807, 2.05) is 0 Å². The number of hydrogen-bond acceptors (Lipinski definition) is 5. The maximum atomic E-state index is 11.1. The van der Waals surface area contributed by atoms with Gasteiger partial charge in [0, 0.05) is 10.2 Å².